The molecule has 3 heterocycles. The van der Waals surface area contributed by atoms with Gasteiger partial charge in [-0.15, -0.1) is 0 Å². The van der Waals surface area contributed by atoms with Gasteiger partial charge in [-0.3, -0.25) is 14.5 Å². The van der Waals surface area contributed by atoms with Crippen LogP contribution in [0.5, 0.6) is 0 Å². The van der Waals surface area contributed by atoms with Crippen LogP contribution in [0.15, 0.2) is 29.2 Å². The van der Waals surface area contributed by atoms with Gasteiger partial charge >= 0.3 is 0 Å². The topological polar surface area (TPSA) is 87.6 Å². The Labute approximate surface area is 159 Å². The predicted octanol–water partition coefficient (Wildman–Crippen LogP) is 2.65. The molecule has 0 spiro atoms. The second-order valence-corrected chi connectivity index (χ2v) is 7.25. The van der Waals surface area contributed by atoms with E-state index in [-0.39, 0.29) is 5.56 Å². The number of anilines is 1. The number of benzene rings is 1. The third-order valence-corrected chi connectivity index (χ3v) is 5.28. The zero-order valence-corrected chi connectivity index (χ0v) is 15.4. The molecule has 0 bridgehead atoms. The maximum Gasteiger partial charge on any atom is 0.278 e. The van der Waals surface area contributed by atoms with Gasteiger partial charge in [0.1, 0.15) is 5.52 Å². The summed E-state index contributed by atoms with van der Waals surface area (Å²) in [5.41, 5.74) is 1.83. The van der Waals surface area contributed by atoms with Gasteiger partial charge in [0.2, 0.25) is 5.95 Å². The molecule has 26 heavy (non-hydrogen) atoms. The Morgan fingerprint density at radius 1 is 1.31 bits per heavy atom. The van der Waals surface area contributed by atoms with Gasteiger partial charge in [-0.25, -0.2) is 4.98 Å². The molecule has 1 fully saturated rings. The van der Waals surface area contributed by atoms with Crippen LogP contribution in [0.3, 0.4) is 0 Å². The Morgan fingerprint density at radius 3 is 2.96 bits per heavy atom. The van der Waals surface area contributed by atoms with Crippen molar-refractivity contribution in [2.75, 3.05) is 18.4 Å². The maximum atomic E-state index is 12.5. The van der Waals surface area contributed by atoms with E-state index in [0.29, 0.717) is 39.5 Å². The number of nitrogens with one attached hydrogen (secondary N) is 3. The van der Waals surface area contributed by atoms with Gasteiger partial charge in [0.25, 0.3) is 5.56 Å². The molecule has 3 aromatic rings. The smallest absolute Gasteiger partial charge is 0.278 e. The molecule has 3 N–H and O–H groups in total. The van der Waals surface area contributed by atoms with Crippen LogP contribution in [-0.4, -0.2) is 32.8 Å². The third-order valence-electron chi connectivity index (χ3n) is 4.54. The normalized spacial score (nSPS) is 17.1. The van der Waals surface area contributed by atoms with Crippen LogP contribution >= 0.6 is 23.2 Å². The average Bonchev–Trinajstić information content (AvgIpc) is 3.27. The zero-order chi connectivity index (χ0) is 18.1. The van der Waals surface area contributed by atoms with Crippen molar-refractivity contribution in [1.82, 2.24) is 25.1 Å². The molecule has 1 aliphatic heterocycles. The molecule has 9 heteroatoms. The van der Waals surface area contributed by atoms with Gasteiger partial charge in [0.05, 0.1) is 16.2 Å². The van der Waals surface area contributed by atoms with Crippen LogP contribution in [0, 0.1) is 5.92 Å². The summed E-state index contributed by atoms with van der Waals surface area (Å²) in [7, 11) is 0. The number of aromatic nitrogens is 4. The van der Waals surface area contributed by atoms with E-state index < -0.39 is 0 Å². The fraction of sp³-hybridized carbons (Fsp3) is 0.353. The standard InChI is InChI=1S/C17H18Cl2N6O/c18-12-2-1-10(5-13(12)19)7-21-17-23-14-8-22-25(15(14)16(26)24-17)9-11-3-4-20-6-11/h1-2,5,8,11,20H,3-4,6-7,9H2,(H2,21,23,24,26). The molecule has 1 unspecified atom stereocenters. The number of nitrogens with zero attached hydrogens (tertiary/aromatic N) is 3. The first-order chi connectivity index (χ1) is 12.6. The van der Waals surface area contributed by atoms with Crippen molar-refractivity contribution >= 4 is 40.2 Å². The fourth-order valence-electron chi connectivity index (χ4n) is 3.18. The number of hydrogen-bond acceptors (Lipinski definition) is 5. The van der Waals surface area contributed by atoms with Crippen molar-refractivity contribution in [1.29, 1.82) is 0 Å². The van der Waals surface area contributed by atoms with Gasteiger partial charge in [-0.1, -0.05) is 29.3 Å². The molecule has 4 rings (SSSR count). The van der Waals surface area contributed by atoms with Gasteiger partial charge < -0.3 is 10.6 Å². The molecule has 1 aliphatic rings. The molecular formula is C17H18Cl2N6O. The van der Waals surface area contributed by atoms with E-state index >= 15 is 0 Å². The largest absolute Gasteiger partial charge is 0.352 e. The predicted molar refractivity (Wildman–Crippen MR) is 103 cm³/mol. The van der Waals surface area contributed by atoms with Crippen LogP contribution in [0.2, 0.25) is 10.0 Å². The molecule has 0 saturated carbocycles. The summed E-state index contributed by atoms with van der Waals surface area (Å²) >= 11 is 11.9. The van der Waals surface area contributed by atoms with Crippen molar-refractivity contribution in [3.63, 3.8) is 0 Å². The quantitative estimate of drug-likeness (QED) is 0.621. The number of hydrogen-bond donors (Lipinski definition) is 3. The molecule has 2 aromatic heterocycles. The first-order valence-corrected chi connectivity index (χ1v) is 9.20. The van der Waals surface area contributed by atoms with Gasteiger partial charge in [-0.05, 0) is 43.1 Å². The van der Waals surface area contributed by atoms with E-state index in [1.54, 1.807) is 23.0 Å². The summed E-state index contributed by atoms with van der Waals surface area (Å²) in [4.78, 5) is 19.8. The molecule has 0 amide bonds. The van der Waals surface area contributed by atoms with Crippen LogP contribution in [0.25, 0.3) is 11.0 Å². The lowest BCUT2D eigenvalue weighted by Crippen LogP contribution is -2.20. The lowest BCUT2D eigenvalue weighted by Gasteiger charge is -2.09. The third kappa shape index (κ3) is 3.56. The molecule has 136 valence electrons. The van der Waals surface area contributed by atoms with Crippen LogP contribution in [-0.2, 0) is 13.1 Å². The lowest BCUT2D eigenvalue weighted by atomic mass is 10.1. The molecule has 1 saturated heterocycles. The summed E-state index contributed by atoms with van der Waals surface area (Å²) in [6.07, 6.45) is 2.73. The van der Waals surface area contributed by atoms with Crippen molar-refractivity contribution < 1.29 is 0 Å². The first kappa shape index (κ1) is 17.3. The van der Waals surface area contributed by atoms with E-state index in [4.69, 9.17) is 23.2 Å². The Kier molecular flexibility index (Phi) is 4.84. The second kappa shape index (κ2) is 7.26. The maximum absolute atomic E-state index is 12.5. The van der Waals surface area contributed by atoms with Crippen molar-refractivity contribution in [2.24, 2.45) is 5.92 Å². The minimum absolute atomic E-state index is 0.199. The highest BCUT2D eigenvalue weighted by Gasteiger charge is 2.18. The second-order valence-electron chi connectivity index (χ2n) is 6.44. The molecule has 1 atom stereocenters. The molecule has 7 nitrogen and oxygen atoms in total. The zero-order valence-electron chi connectivity index (χ0n) is 13.9. The van der Waals surface area contributed by atoms with E-state index in [1.165, 1.54) is 0 Å². The Balaban J connectivity index is 1.53. The summed E-state index contributed by atoms with van der Waals surface area (Å²) in [6.45, 7) is 3.15. The van der Waals surface area contributed by atoms with Crippen molar-refractivity contribution in [3.8, 4) is 0 Å². The van der Waals surface area contributed by atoms with Gasteiger partial charge in [0.15, 0.2) is 5.52 Å². The Morgan fingerprint density at radius 2 is 2.19 bits per heavy atom. The van der Waals surface area contributed by atoms with Crippen LogP contribution in [0.1, 0.15) is 12.0 Å². The summed E-state index contributed by atoms with van der Waals surface area (Å²) < 4.78 is 1.75. The number of aromatic amines is 1. The van der Waals surface area contributed by atoms with E-state index in [9.17, 15) is 4.79 Å². The summed E-state index contributed by atoms with van der Waals surface area (Å²) in [6, 6.07) is 5.38. The van der Waals surface area contributed by atoms with E-state index in [2.05, 4.69) is 25.7 Å². The van der Waals surface area contributed by atoms with Gasteiger partial charge in [0, 0.05) is 13.1 Å². The summed E-state index contributed by atoms with van der Waals surface area (Å²) in [5.74, 6) is 0.889. The molecule has 1 aromatic carbocycles. The SMILES string of the molecule is O=c1[nH]c(NCc2ccc(Cl)c(Cl)c2)nc2cnn(CC3CCNC3)c12. The van der Waals surface area contributed by atoms with Crippen molar-refractivity contribution in [3.05, 3.63) is 50.4 Å². The number of H-pyrrole nitrogens is 1. The minimum atomic E-state index is -0.199. The molecule has 0 radical (unpaired) electrons. The number of halogens is 2. The lowest BCUT2D eigenvalue weighted by molar-refractivity contribution is 0.458. The van der Waals surface area contributed by atoms with E-state index in [0.717, 1.165) is 31.6 Å². The Hall–Kier alpha value is -2.09. The monoisotopic (exact) mass is 392 g/mol. The average molecular weight is 393 g/mol. The highest BCUT2D eigenvalue weighted by Crippen LogP contribution is 2.23. The first-order valence-electron chi connectivity index (χ1n) is 8.44. The highest BCUT2D eigenvalue weighted by atomic mass is 35.5. The molecule has 0 aliphatic carbocycles. The Bertz CT molecular complexity index is 993. The number of fused-ring (bicyclic) bond motifs is 1. The van der Waals surface area contributed by atoms with Crippen molar-refractivity contribution in [2.45, 2.75) is 19.5 Å². The minimum Gasteiger partial charge on any atom is -0.352 e. The molecular weight excluding hydrogens is 375 g/mol. The highest BCUT2D eigenvalue weighted by molar-refractivity contribution is 6.42. The fourth-order valence-corrected chi connectivity index (χ4v) is 3.50. The van der Waals surface area contributed by atoms with Crippen LogP contribution < -0.4 is 16.2 Å². The number of rotatable bonds is 5. The summed E-state index contributed by atoms with van der Waals surface area (Å²) in [5, 5.41) is 11.8. The van der Waals surface area contributed by atoms with E-state index in [1.807, 2.05) is 6.07 Å². The van der Waals surface area contributed by atoms with Crippen LogP contribution in [0.4, 0.5) is 5.95 Å². The van der Waals surface area contributed by atoms with Gasteiger partial charge in [-0.2, -0.15) is 5.10 Å².